The highest BCUT2D eigenvalue weighted by atomic mass is 16.2. The molecule has 0 bridgehead atoms. The van der Waals surface area contributed by atoms with E-state index in [0.717, 1.165) is 19.4 Å². The molecule has 1 heterocycles. The number of hydrogen-bond acceptors (Lipinski definition) is 3. The SMILES string of the molecule is CC1N(C)C=CN1CCCCO. The van der Waals surface area contributed by atoms with Gasteiger partial charge in [-0.2, -0.15) is 0 Å². The van der Waals surface area contributed by atoms with E-state index in [1.54, 1.807) is 0 Å². The summed E-state index contributed by atoms with van der Waals surface area (Å²) in [5.74, 6) is 0. The molecule has 0 aliphatic carbocycles. The van der Waals surface area contributed by atoms with Crippen LogP contribution in [0.25, 0.3) is 0 Å². The Morgan fingerprint density at radius 1 is 1.33 bits per heavy atom. The first-order chi connectivity index (χ1) is 5.75. The minimum absolute atomic E-state index is 0.307. The van der Waals surface area contributed by atoms with Crippen LogP contribution in [0.4, 0.5) is 0 Å². The molecule has 0 radical (unpaired) electrons. The summed E-state index contributed by atoms with van der Waals surface area (Å²) in [4.78, 5) is 4.47. The molecule has 1 rings (SSSR count). The van der Waals surface area contributed by atoms with Gasteiger partial charge in [0.05, 0.1) is 6.17 Å². The van der Waals surface area contributed by atoms with Crippen LogP contribution in [-0.2, 0) is 0 Å². The third-order valence-electron chi connectivity index (χ3n) is 2.39. The van der Waals surface area contributed by atoms with Crippen LogP contribution >= 0.6 is 0 Å². The van der Waals surface area contributed by atoms with E-state index < -0.39 is 0 Å². The third-order valence-corrected chi connectivity index (χ3v) is 2.39. The summed E-state index contributed by atoms with van der Waals surface area (Å²) in [7, 11) is 2.08. The van der Waals surface area contributed by atoms with Gasteiger partial charge in [0.2, 0.25) is 0 Å². The average molecular weight is 170 g/mol. The topological polar surface area (TPSA) is 26.7 Å². The van der Waals surface area contributed by atoms with Crippen molar-refractivity contribution in [1.82, 2.24) is 9.80 Å². The van der Waals surface area contributed by atoms with Gasteiger partial charge in [0.15, 0.2) is 0 Å². The van der Waals surface area contributed by atoms with Crippen LogP contribution in [0.5, 0.6) is 0 Å². The molecule has 1 aliphatic heterocycles. The van der Waals surface area contributed by atoms with Gasteiger partial charge in [-0.05, 0) is 19.8 Å². The summed E-state index contributed by atoms with van der Waals surface area (Å²) in [5, 5.41) is 8.61. The van der Waals surface area contributed by atoms with Gasteiger partial charge in [0.25, 0.3) is 0 Å². The highest BCUT2D eigenvalue weighted by Gasteiger charge is 2.16. The molecule has 0 saturated carbocycles. The maximum Gasteiger partial charge on any atom is 0.0974 e. The molecular formula is C9H18N2O. The van der Waals surface area contributed by atoms with Crippen LogP contribution in [0.2, 0.25) is 0 Å². The molecule has 0 aromatic heterocycles. The van der Waals surface area contributed by atoms with Crippen LogP contribution in [-0.4, -0.2) is 41.3 Å². The Balaban J connectivity index is 2.21. The molecule has 0 amide bonds. The van der Waals surface area contributed by atoms with Crippen molar-refractivity contribution < 1.29 is 5.11 Å². The van der Waals surface area contributed by atoms with Gasteiger partial charge in [-0.15, -0.1) is 0 Å². The van der Waals surface area contributed by atoms with Crippen molar-refractivity contribution in [1.29, 1.82) is 0 Å². The zero-order valence-corrected chi connectivity index (χ0v) is 7.90. The van der Waals surface area contributed by atoms with Gasteiger partial charge in [0, 0.05) is 32.6 Å². The second kappa shape index (κ2) is 4.36. The molecule has 3 nitrogen and oxygen atoms in total. The first kappa shape index (κ1) is 9.39. The van der Waals surface area contributed by atoms with Crippen molar-refractivity contribution in [2.75, 3.05) is 20.2 Å². The second-order valence-electron chi connectivity index (χ2n) is 3.26. The molecule has 1 atom stereocenters. The van der Waals surface area contributed by atoms with Gasteiger partial charge in [-0.1, -0.05) is 0 Å². The summed E-state index contributed by atoms with van der Waals surface area (Å²) < 4.78 is 0. The number of rotatable bonds is 4. The second-order valence-corrected chi connectivity index (χ2v) is 3.26. The fourth-order valence-corrected chi connectivity index (χ4v) is 1.34. The Labute approximate surface area is 74.3 Å². The summed E-state index contributed by atoms with van der Waals surface area (Å²) in [6, 6.07) is 0. The molecule has 12 heavy (non-hydrogen) atoms. The Kier molecular flexibility index (Phi) is 3.41. The van der Waals surface area contributed by atoms with E-state index >= 15 is 0 Å². The number of aliphatic hydroxyl groups excluding tert-OH is 1. The average Bonchev–Trinajstić information content (AvgIpc) is 2.36. The fourth-order valence-electron chi connectivity index (χ4n) is 1.34. The van der Waals surface area contributed by atoms with Gasteiger partial charge in [-0.3, -0.25) is 0 Å². The van der Waals surface area contributed by atoms with Crippen LogP contribution in [0.1, 0.15) is 19.8 Å². The lowest BCUT2D eigenvalue weighted by atomic mass is 10.3. The Morgan fingerprint density at radius 3 is 2.58 bits per heavy atom. The fraction of sp³-hybridized carbons (Fsp3) is 0.778. The van der Waals surface area contributed by atoms with E-state index in [4.69, 9.17) is 5.11 Å². The van der Waals surface area contributed by atoms with Crippen LogP contribution in [0.15, 0.2) is 12.4 Å². The maximum absolute atomic E-state index is 8.61. The molecule has 0 aromatic rings. The van der Waals surface area contributed by atoms with E-state index in [9.17, 15) is 0 Å². The molecule has 1 N–H and O–H groups in total. The summed E-state index contributed by atoms with van der Waals surface area (Å²) in [5.41, 5.74) is 0. The molecule has 1 aliphatic rings. The van der Waals surface area contributed by atoms with Crippen molar-refractivity contribution in [2.45, 2.75) is 25.9 Å². The zero-order valence-electron chi connectivity index (χ0n) is 7.90. The quantitative estimate of drug-likeness (QED) is 0.633. The van der Waals surface area contributed by atoms with Gasteiger partial charge >= 0.3 is 0 Å². The maximum atomic E-state index is 8.61. The predicted molar refractivity (Wildman–Crippen MR) is 49.4 cm³/mol. The molecule has 1 unspecified atom stereocenters. The Bertz CT molecular complexity index is 159. The van der Waals surface area contributed by atoms with Gasteiger partial charge in [0.1, 0.15) is 0 Å². The normalized spacial score (nSPS) is 22.4. The largest absolute Gasteiger partial charge is 0.396 e. The number of nitrogens with zero attached hydrogens (tertiary/aromatic N) is 2. The van der Waals surface area contributed by atoms with Crippen LogP contribution in [0.3, 0.4) is 0 Å². The molecule has 0 aromatic carbocycles. The molecule has 0 fully saturated rings. The summed E-state index contributed by atoms with van der Waals surface area (Å²) in [6.07, 6.45) is 6.65. The van der Waals surface area contributed by atoms with Crippen LogP contribution < -0.4 is 0 Å². The highest BCUT2D eigenvalue weighted by molar-refractivity contribution is 4.93. The minimum atomic E-state index is 0.307. The number of hydrogen-bond donors (Lipinski definition) is 1. The van der Waals surface area contributed by atoms with E-state index in [1.807, 2.05) is 0 Å². The first-order valence-electron chi connectivity index (χ1n) is 4.52. The van der Waals surface area contributed by atoms with Crippen molar-refractivity contribution in [3.63, 3.8) is 0 Å². The zero-order chi connectivity index (χ0) is 8.97. The standard InChI is InChI=1S/C9H18N2O/c1-9-10(2)6-7-11(9)5-3-4-8-12/h6-7,9,12H,3-5,8H2,1-2H3. The molecule has 70 valence electrons. The van der Waals surface area contributed by atoms with E-state index in [0.29, 0.717) is 12.8 Å². The predicted octanol–water partition coefficient (Wildman–Crippen LogP) is 0.824. The van der Waals surface area contributed by atoms with Gasteiger partial charge < -0.3 is 14.9 Å². The summed E-state index contributed by atoms with van der Waals surface area (Å²) >= 11 is 0. The third kappa shape index (κ3) is 2.14. The monoisotopic (exact) mass is 170 g/mol. The van der Waals surface area contributed by atoms with E-state index in [-0.39, 0.29) is 0 Å². The van der Waals surface area contributed by atoms with E-state index in [2.05, 4.69) is 36.2 Å². The Hall–Kier alpha value is -0.700. The van der Waals surface area contributed by atoms with Crippen molar-refractivity contribution in [3.05, 3.63) is 12.4 Å². The number of unbranched alkanes of at least 4 members (excludes halogenated alkanes) is 1. The van der Waals surface area contributed by atoms with Crippen molar-refractivity contribution in [3.8, 4) is 0 Å². The molecule has 3 heteroatoms. The molecule has 0 spiro atoms. The lowest BCUT2D eigenvalue weighted by Gasteiger charge is -2.26. The minimum Gasteiger partial charge on any atom is -0.396 e. The first-order valence-corrected chi connectivity index (χ1v) is 4.52. The van der Waals surface area contributed by atoms with Crippen molar-refractivity contribution >= 4 is 0 Å². The van der Waals surface area contributed by atoms with Crippen LogP contribution in [0, 0.1) is 0 Å². The molecule has 0 saturated heterocycles. The summed E-state index contributed by atoms with van der Waals surface area (Å²) in [6.45, 7) is 3.53. The smallest absolute Gasteiger partial charge is 0.0974 e. The number of aliphatic hydroxyl groups is 1. The lowest BCUT2D eigenvalue weighted by molar-refractivity contribution is 0.187. The lowest BCUT2D eigenvalue weighted by Crippen LogP contribution is -2.34. The van der Waals surface area contributed by atoms with Gasteiger partial charge in [-0.25, -0.2) is 0 Å². The van der Waals surface area contributed by atoms with E-state index in [1.165, 1.54) is 0 Å². The Morgan fingerprint density at radius 2 is 2.08 bits per heavy atom. The highest BCUT2D eigenvalue weighted by Crippen LogP contribution is 2.13. The van der Waals surface area contributed by atoms with Crippen molar-refractivity contribution in [2.24, 2.45) is 0 Å². The molecular weight excluding hydrogens is 152 g/mol.